The maximum absolute atomic E-state index is 11.0. The first-order valence-electron chi connectivity index (χ1n) is 9.26. The number of methoxy groups -OCH3 is 1. The molecule has 0 heterocycles. The van der Waals surface area contributed by atoms with E-state index in [0.717, 1.165) is 0 Å². The Labute approximate surface area is 170 Å². The number of guanidine groups is 1. The molecular weight excluding hydrogens is 374 g/mol. The second-order valence-corrected chi connectivity index (χ2v) is 6.16. The van der Waals surface area contributed by atoms with E-state index in [1.165, 1.54) is 6.07 Å². The molecule has 0 radical (unpaired) electrons. The molecule has 29 heavy (non-hydrogen) atoms. The summed E-state index contributed by atoms with van der Waals surface area (Å²) >= 11 is 0. The van der Waals surface area contributed by atoms with Crippen LogP contribution in [0.1, 0.15) is 6.92 Å². The number of para-hydroxylation sites is 4. The fraction of sp³-hybridized carbons (Fsp3) is 0.350. The number of aliphatic imine (C=N–C) groups is 1. The molecule has 0 bridgehead atoms. The summed E-state index contributed by atoms with van der Waals surface area (Å²) in [5, 5.41) is 20.4. The van der Waals surface area contributed by atoms with E-state index in [1.807, 2.05) is 31.2 Å². The first kappa shape index (κ1) is 21.8. The summed E-state index contributed by atoms with van der Waals surface area (Å²) in [4.78, 5) is 14.8. The van der Waals surface area contributed by atoms with Gasteiger partial charge in [-0.1, -0.05) is 24.3 Å². The highest BCUT2D eigenvalue weighted by atomic mass is 16.6. The molecule has 0 saturated carbocycles. The lowest BCUT2D eigenvalue weighted by molar-refractivity contribution is -0.384. The van der Waals surface area contributed by atoms with Gasteiger partial charge in [0.25, 0.3) is 5.69 Å². The molecule has 0 fully saturated rings. The maximum Gasteiger partial charge on any atom is 0.292 e. The summed E-state index contributed by atoms with van der Waals surface area (Å²) in [5.74, 6) is 1.98. The zero-order valence-electron chi connectivity index (χ0n) is 16.8. The average molecular weight is 401 g/mol. The third-order valence-electron chi connectivity index (χ3n) is 4.01. The van der Waals surface area contributed by atoms with E-state index in [2.05, 4.69) is 20.9 Å². The van der Waals surface area contributed by atoms with Gasteiger partial charge in [0.05, 0.1) is 18.6 Å². The van der Waals surface area contributed by atoms with Gasteiger partial charge in [0.2, 0.25) is 0 Å². The Hall–Kier alpha value is -3.49. The summed E-state index contributed by atoms with van der Waals surface area (Å²) in [6.07, 6.45) is -0.116. The number of nitrogens with zero attached hydrogens (tertiary/aromatic N) is 2. The molecular formula is C20H27N5O4. The van der Waals surface area contributed by atoms with Gasteiger partial charge in [0.1, 0.15) is 11.8 Å². The Kier molecular flexibility index (Phi) is 8.55. The van der Waals surface area contributed by atoms with Crippen molar-refractivity contribution in [3.63, 3.8) is 0 Å². The number of rotatable bonds is 10. The highest BCUT2D eigenvalue weighted by molar-refractivity contribution is 5.79. The second-order valence-electron chi connectivity index (χ2n) is 6.16. The van der Waals surface area contributed by atoms with Gasteiger partial charge < -0.3 is 25.4 Å². The molecule has 0 aliphatic heterocycles. The fourth-order valence-electron chi connectivity index (χ4n) is 2.60. The van der Waals surface area contributed by atoms with Gasteiger partial charge in [-0.3, -0.25) is 15.1 Å². The molecule has 2 rings (SSSR count). The van der Waals surface area contributed by atoms with E-state index in [4.69, 9.17) is 9.47 Å². The average Bonchev–Trinajstić information content (AvgIpc) is 2.73. The van der Waals surface area contributed by atoms with Crippen LogP contribution in [0.25, 0.3) is 0 Å². The van der Waals surface area contributed by atoms with Crippen molar-refractivity contribution in [3.8, 4) is 11.5 Å². The summed E-state index contributed by atoms with van der Waals surface area (Å²) in [6.45, 7) is 3.52. The zero-order chi connectivity index (χ0) is 21.1. The number of nitrogens with one attached hydrogen (secondary N) is 3. The van der Waals surface area contributed by atoms with Crippen LogP contribution in [-0.4, -0.2) is 50.8 Å². The van der Waals surface area contributed by atoms with Crippen LogP contribution in [0.2, 0.25) is 0 Å². The number of benzene rings is 2. The predicted octanol–water partition coefficient (Wildman–Crippen LogP) is 2.65. The fourth-order valence-corrected chi connectivity index (χ4v) is 2.60. The zero-order valence-corrected chi connectivity index (χ0v) is 16.8. The molecule has 0 aliphatic rings. The second kappa shape index (κ2) is 11.4. The molecule has 1 unspecified atom stereocenters. The molecule has 0 aliphatic carbocycles. The lowest BCUT2D eigenvalue weighted by Crippen LogP contribution is -2.43. The number of anilines is 1. The molecule has 156 valence electrons. The van der Waals surface area contributed by atoms with Gasteiger partial charge >= 0.3 is 0 Å². The topological polar surface area (TPSA) is 110 Å². The Balaban J connectivity index is 1.75. The summed E-state index contributed by atoms with van der Waals surface area (Å²) < 4.78 is 11.2. The standard InChI is InChI=1S/C20H27N5O4/c1-15(29-19-11-7-6-10-18(19)28-3)14-24-20(21-2)23-13-12-22-16-8-4-5-9-17(16)25(26)27/h4-11,15,22H,12-14H2,1-3H3,(H2,21,23,24). The SMILES string of the molecule is CN=C(NCCNc1ccccc1[N+](=O)[O-])NCC(C)Oc1ccccc1OC. The van der Waals surface area contributed by atoms with Crippen LogP contribution in [0.15, 0.2) is 53.5 Å². The lowest BCUT2D eigenvalue weighted by atomic mass is 10.2. The van der Waals surface area contributed by atoms with Crippen LogP contribution in [0.4, 0.5) is 11.4 Å². The van der Waals surface area contributed by atoms with Crippen LogP contribution >= 0.6 is 0 Å². The molecule has 1 atom stereocenters. The van der Waals surface area contributed by atoms with Gasteiger partial charge in [-0.25, -0.2) is 0 Å². The Morgan fingerprint density at radius 1 is 1.10 bits per heavy atom. The van der Waals surface area contributed by atoms with Crippen molar-refractivity contribution in [2.24, 2.45) is 4.99 Å². The van der Waals surface area contributed by atoms with Crippen LogP contribution in [-0.2, 0) is 0 Å². The van der Waals surface area contributed by atoms with Crippen LogP contribution in [0.3, 0.4) is 0 Å². The third-order valence-corrected chi connectivity index (χ3v) is 4.01. The van der Waals surface area contributed by atoms with Crippen molar-refractivity contribution in [2.75, 3.05) is 39.1 Å². The minimum Gasteiger partial charge on any atom is -0.493 e. The lowest BCUT2D eigenvalue weighted by Gasteiger charge is -2.19. The maximum atomic E-state index is 11.0. The molecule has 2 aromatic rings. The number of hydrogen-bond donors (Lipinski definition) is 3. The molecule has 0 saturated heterocycles. The van der Waals surface area contributed by atoms with Gasteiger partial charge in [0, 0.05) is 26.2 Å². The van der Waals surface area contributed by atoms with Gasteiger partial charge in [0.15, 0.2) is 17.5 Å². The number of nitro benzene ring substituents is 1. The van der Waals surface area contributed by atoms with Crippen molar-refractivity contribution in [1.82, 2.24) is 10.6 Å². The molecule has 0 amide bonds. The Morgan fingerprint density at radius 3 is 2.48 bits per heavy atom. The predicted molar refractivity (Wildman–Crippen MR) is 114 cm³/mol. The van der Waals surface area contributed by atoms with Crippen molar-refractivity contribution in [1.29, 1.82) is 0 Å². The smallest absolute Gasteiger partial charge is 0.292 e. The monoisotopic (exact) mass is 401 g/mol. The molecule has 9 nitrogen and oxygen atoms in total. The number of hydrogen-bond acceptors (Lipinski definition) is 6. The Bertz CT molecular complexity index is 828. The quantitative estimate of drug-likeness (QED) is 0.185. The first-order chi connectivity index (χ1) is 14.0. The molecule has 3 N–H and O–H groups in total. The van der Waals surface area contributed by atoms with Crippen molar-refractivity contribution in [3.05, 3.63) is 58.6 Å². The van der Waals surface area contributed by atoms with Gasteiger partial charge in [-0.15, -0.1) is 0 Å². The summed E-state index contributed by atoms with van der Waals surface area (Å²) in [7, 11) is 3.28. The van der Waals surface area contributed by atoms with E-state index in [1.54, 1.807) is 32.4 Å². The van der Waals surface area contributed by atoms with Crippen LogP contribution in [0.5, 0.6) is 11.5 Å². The van der Waals surface area contributed by atoms with Crippen molar-refractivity contribution in [2.45, 2.75) is 13.0 Å². The van der Waals surface area contributed by atoms with Gasteiger partial charge in [-0.05, 0) is 25.1 Å². The molecule has 0 aromatic heterocycles. The highest BCUT2D eigenvalue weighted by Gasteiger charge is 2.12. The molecule has 9 heteroatoms. The van der Waals surface area contributed by atoms with Crippen LogP contribution < -0.4 is 25.4 Å². The van der Waals surface area contributed by atoms with Crippen molar-refractivity contribution >= 4 is 17.3 Å². The molecule has 0 spiro atoms. The first-order valence-corrected chi connectivity index (χ1v) is 9.26. The van der Waals surface area contributed by atoms with E-state index in [9.17, 15) is 10.1 Å². The van der Waals surface area contributed by atoms with E-state index >= 15 is 0 Å². The van der Waals surface area contributed by atoms with E-state index < -0.39 is 4.92 Å². The largest absolute Gasteiger partial charge is 0.493 e. The minimum absolute atomic E-state index is 0.0531. The van der Waals surface area contributed by atoms with E-state index in [0.29, 0.717) is 42.8 Å². The normalized spacial score (nSPS) is 12.0. The summed E-state index contributed by atoms with van der Waals surface area (Å²) in [5.41, 5.74) is 0.540. The highest BCUT2D eigenvalue weighted by Crippen LogP contribution is 2.26. The number of ether oxygens (including phenoxy) is 2. The van der Waals surface area contributed by atoms with Crippen molar-refractivity contribution < 1.29 is 14.4 Å². The summed E-state index contributed by atoms with van der Waals surface area (Å²) in [6, 6.07) is 14.0. The van der Waals surface area contributed by atoms with Crippen LogP contribution in [0, 0.1) is 10.1 Å². The van der Waals surface area contributed by atoms with Gasteiger partial charge in [-0.2, -0.15) is 0 Å². The Morgan fingerprint density at radius 2 is 1.79 bits per heavy atom. The minimum atomic E-state index is -0.403. The number of nitro groups is 1. The van der Waals surface area contributed by atoms with E-state index in [-0.39, 0.29) is 11.8 Å². The molecule has 2 aromatic carbocycles. The third kappa shape index (κ3) is 6.87.